The van der Waals surface area contributed by atoms with Crippen LogP contribution in [0.15, 0.2) is 39.7 Å². The summed E-state index contributed by atoms with van der Waals surface area (Å²) in [5, 5.41) is 11.0. The molecule has 0 aliphatic heterocycles. The lowest BCUT2D eigenvalue weighted by molar-refractivity contribution is 0.613. The zero-order valence-electron chi connectivity index (χ0n) is 14.2. The summed E-state index contributed by atoms with van der Waals surface area (Å²) in [6.45, 7) is 4.09. The molecule has 0 fully saturated rings. The highest BCUT2D eigenvalue weighted by molar-refractivity contribution is 5.98. The average molecular weight is 324 g/mol. The second-order valence-corrected chi connectivity index (χ2v) is 6.17. The van der Waals surface area contributed by atoms with Crippen LogP contribution in [-0.2, 0) is 12.8 Å². The number of aryl methyl sites for hydroxylation is 2. The summed E-state index contributed by atoms with van der Waals surface area (Å²) in [5.41, 5.74) is 13.3. The first kappa shape index (κ1) is 16.3. The van der Waals surface area contributed by atoms with E-state index in [0.29, 0.717) is 5.84 Å². The zero-order valence-corrected chi connectivity index (χ0v) is 14.2. The smallest absolute Gasteiger partial charge is 0.155 e. The van der Waals surface area contributed by atoms with Crippen LogP contribution in [0, 0.1) is 19.7 Å². The Morgan fingerprint density at radius 1 is 1.08 bits per heavy atom. The van der Waals surface area contributed by atoms with E-state index in [-0.39, 0.29) is 5.82 Å². The quantitative estimate of drug-likeness (QED) is 0.389. The first-order chi connectivity index (χ1) is 11.5. The van der Waals surface area contributed by atoms with E-state index >= 15 is 0 Å². The Bertz CT molecular complexity index is 830. The van der Waals surface area contributed by atoms with Gasteiger partial charge < -0.3 is 5.73 Å². The van der Waals surface area contributed by atoms with E-state index in [2.05, 4.69) is 15.4 Å². The number of halogens is 1. The van der Waals surface area contributed by atoms with Gasteiger partial charge in [0.05, 0.1) is 7.05 Å². The van der Waals surface area contributed by atoms with Crippen molar-refractivity contribution in [2.45, 2.75) is 33.1 Å². The number of fused-ring (bicyclic) bond motifs is 1. The van der Waals surface area contributed by atoms with E-state index in [1.54, 1.807) is 13.1 Å². The van der Waals surface area contributed by atoms with Crippen LogP contribution in [-0.4, -0.2) is 12.9 Å². The number of nitrogens with two attached hydrogens (primary N) is 1. The molecule has 0 unspecified atom stereocenters. The molecule has 3 rings (SSSR count). The number of rotatable bonds is 3. The van der Waals surface area contributed by atoms with Gasteiger partial charge in [0.2, 0.25) is 0 Å². The maximum absolute atomic E-state index is 14.0. The van der Waals surface area contributed by atoms with Gasteiger partial charge in [-0.3, -0.25) is 0 Å². The molecule has 0 saturated carbocycles. The summed E-state index contributed by atoms with van der Waals surface area (Å²) < 4.78 is 14.0. The van der Waals surface area contributed by atoms with Crippen molar-refractivity contribution in [3.05, 3.63) is 57.9 Å². The lowest BCUT2D eigenvalue weighted by Gasteiger charge is -2.16. The van der Waals surface area contributed by atoms with Gasteiger partial charge in [-0.05, 0) is 89.9 Å². The molecule has 0 heterocycles. The average Bonchev–Trinajstić information content (AvgIpc) is 3.04. The number of benzene rings is 2. The first-order valence-electron chi connectivity index (χ1n) is 8.07. The van der Waals surface area contributed by atoms with E-state index in [4.69, 9.17) is 5.73 Å². The second kappa shape index (κ2) is 6.51. The van der Waals surface area contributed by atoms with E-state index in [1.165, 1.54) is 0 Å². The van der Waals surface area contributed by atoms with Gasteiger partial charge in [-0.15, -0.1) is 5.10 Å². The lowest BCUT2D eigenvalue weighted by atomic mass is 9.89. The van der Waals surface area contributed by atoms with Crippen LogP contribution in [0.3, 0.4) is 0 Å². The summed E-state index contributed by atoms with van der Waals surface area (Å²) in [7, 11) is 1.55. The highest BCUT2D eigenvalue weighted by atomic mass is 19.1. The molecular formula is C19H21FN4. The summed E-state index contributed by atoms with van der Waals surface area (Å²) in [6.07, 6.45) is 2.78. The van der Waals surface area contributed by atoms with Crippen LogP contribution in [0.25, 0.3) is 11.1 Å². The number of amidine groups is 1. The van der Waals surface area contributed by atoms with Crippen molar-refractivity contribution in [2.75, 3.05) is 7.05 Å². The molecule has 0 bridgehead atoms. The minimum absolute atomic E-state index is 0.0838. The predicted octanol–water partition coefficient (Wildman–Crippen LogP) is 4.30. The van der Waals surface area contributed by atoms with Crippen molar-refractivity contribution in [3.63, 3.8) is 0 Å². The van der Waals surface area contributed by atoms with Crippen molar-refractivity contribution >= 4 is 5.84 Å². The van der Waals surface area contributed by atoms with Gasteiger partial charge in [0.1, 0.15) is 5.82 Å². The van der Waals surface area contributed by atoms with Gasteiger partial charge in [-0.2, -0.15) is 5.11 Å². The third kappa shape index (κ3) is 2.82. The minimum Gasteiger partial charge on any atom is -0.382 e. The van der Waals surface area contributed by atoms with Gasteiger partial charge in [0.25, 0.3) is 0 Å². The molecule has 2 N–H and O–H groups in total. The third-order valence-electron chi connectivity index (χ3n) is 4.57. The van der Waals surface area contributed by atoms with Gasteiger partial charge in [-0.25, -0.2) is 4.39 Å². The number of nitrogens with zero attached hydrogens (tertiary/aromatic N) is 3. The van der Waals surface area contributed by atoms with Gasteiger partial charge in [0.15, 0.2) is 5.84 Å². The van der Waals surface area contributed by atoms with Crippen molar-refractivity contribution in [1.29, 1.82) is 0 Å². The summed E-state index contributed by atoms with van der Waals surface area (Å²) in [4.78, 5) is 0. The molecule has 0 aromatic heterocycles. The largest absolute Gasteiger partial charge is 0.382 e. The van der Waals surface area contributed by atoms with Gasteiger partial charge in [-0.1, -0.05) is 6.07 Å². The van der Waals surface area contributed by atoms with Crippen molar-refractivity contribution in [1.82, 2.24) is 0 Å². The lowest BCUT2D eigenvalue weighted by Crippen LogP contribution is -2.13. The normalized spacial score (nSPS) is 14.4. The number of hydrogen-bond acceptors (Lipinski definition) is 2. The van der Waals surface area contributed by atoms with Gasteiger partial charge in [0, 0.05) is 5.56 Å². The highest BCUT2D eigenvalue weighted by Crippen LogP contribution is 2.37. The Morgan fingerprint density at radius 3 is 2.42 bits per heavy atom. The fourth-order valence-corrected chi connectivity index (χ4v) is 3.58. The van der Waals surface area contributed by atoms with E-state index in [1.807, 2.05) is 32.0 Å². The van der Waals surface area contributed by atoms with Gasteiger partial charge >= 0.3 is 0 Å². The molecule has 2 aromatic carbocycles. The fourth-order valence-electron chi connectivity index (χ4n) is 3.58. The molecule has 1 aliphatic carbocycles. The van der Waals surface area contributed by atoms with Crippen molar-refractivity contribution in [2.24, 2.45) is 21.2 Å². The second-order valence-electron chi connectivity index (χ2n) is 6.17. The maximum Gasteiger partial charge on any atom is 0.155 e. The first-order valence-corrected chi connectivity index (χ1v) is 8.07. The van der Waals surface area contributed by atoms with Crippen LogP contribution in [0.4, 0.5) is 4.39 Å². The maximum atomic E-state index is 14.0. The predicted molar refractivity (Wildman–Crippen MR) is 94.8 cm³/mol. The van der Waals surface area contributed by atoms with Crippen molar-refractivity contribution < 1.29 is 4.39 Å². The van der Waals surface area contributed by atoms with E-state index in [9.17, 15) is 4.39 Å². The highest BCUT2D eigenvalue weighted by Gasteiger charge is 2.21. The Hall–Kier alpha value is -2.56. The van der Waals surface area contributed by atoms with E-state index < -0.39 is 0 Å². The SMILES string of the molecule is CN=NN=C(N)c1cc(C)c(-c2ccc(F)c3c2CCC3)c(C)c1. The monoisotopic (exact) mass is 324 g/mol. The molecule has 0 amide bonds. The molecular weight excluding hydrogens is 303 g/mol. The standard InChI is InChI=1S/C19H21FN4/c1-11-9-13(19(21)23-24-22-3)10-12(2)18(11)16-7-8-17(20)15-6-4-5-14(15)16/h7-10H,4-6H2,1-3H3,(H2,21,22,23). The molecule has 0 radical (unpaired) electrons. The Kier molecular flexibility index (Phi) is 4.42. The molecule has 124 valence electrons. The van der Waals surface area contributed by atoms with E-state index in [0.717, 1.165) is 58.2 Å². The Labute approximate surface area is 141 Å². The zero-order chi connectivity index (χ0) is 17.3. The van der Waals surface area contributed by atoms with Crippen molar-refractivity contribution in [3.8, 4) is 11.1 Å². The van der Waals surface area contributed by atoms with Crippen LogP contribution in [0.1, 0.15) is 34.2 Å². The third-order valence-corrected chi connectivity index (χ3v) is 4.57. The topological polar surface area (TPSA) is 63.1 Å². The fraction of sp³-hybridized carbons (Fsp3) is 0.316. The molecule has 0 saturated heterocycles. The molecule has 1 aliphatic rings. The molecule has 5 heteroatoms. The van der Waals surface area contributed by atoms with Crippen LogP contribution < -0.4 is 5.73 Å². The Morgan fingerprint density at radius 2 is 1.75 bits per heavy atom. The summed E-state index contributed by atoms with van der Waals surface area (Å²) in [6, 6.07) is 7.48. The molecule has 0 spiro atoms. The summed E-state index contributed by atoms with van der Waals surface area (Å²) >= 11 is 0. The number of hydrogen-bond donors (Lipinski definition) is 1. The Balaban J connectivity index is 2.13. The minimum atomic E-state index is -0.0838. The summed E-state index contributed by atoms with van der Waals surface area (Å²) in [5.74, 6) is 0.252. The molecule has 4 nitrogen and oxygen atoms in total. The van der Waals surface area contributed by atoms with Crippen LogP contribution >= 0.6 is 0 Å². The molecule has 2 aromatic rings. The molecule has 24 heavy (non-hydrogen) atoms. The van der Waals surface area contributed by atoms with Crippen LogP contribution in [0.2, 0.25) is 0 Å². The molecule has 0 atom stereocenters. The van der Waals surface area contributed by atoms with Crippen LogP contribution in [0.5, 0.6) is 0 Å².